The van der Waals surface area contributed by atoms with Crippen LogP contribution in [0.5, 0.6) is 0 Å². The van der Waals surface area contributed by atoms with Crippen molar-refractivity contribution in [2.75, 3.05) is 5.73 Å². The Hall–Kier alpha value is -1.23. The van der Waals surface area contributed by atoms with Gasteiger partial charge >= 0.3 is 0 Å². The van der Waals surface area contributed by atoms with Gasteiger partial charge in [-0.25, -0.2) is 13.8 Å². The highest BCUT2D eigenvalue weighted by Gasteiger charge is 2.14. The molecule has 0 aliphatic rings. The summed E-state index contributed by atoms with van der Waals surface area (Å²) in [6.07, 6.45) is -1.32. The summed E-state index contributed by atoms with van der Waals surface area (Å²) in [6.45, 7) is 0. The Bertz CT molecular complexity index is 278. The first kappa shape index (κ1) is 9.85. The molecule has 0 spiro atoms. The molecule has 1 aromatic rings. The monoisotopic (exact) mass is 187 g/mol. The van der Waals surface area contributed by atoms with Crippen molar-refractivity contribution in [3.05, 3.63) is 23.9 Å². The van der Waals surface area contributed by atoms with Crippen molar-refractivity contribution in [3.8, 4) is 0 Å². The first-order chi connectivity index (χ1) is 6.11. The quantitative estimate of drug-likeness (QED) is 0.750. The average molecular weight is 187 g/mol. The molecule has 1 atom stereocenters. The van der Waals surface area contributed by atoms with Gasteiger partial charge in [0.1, 0.15) is 5.82 Å². The van der Waals surface area contributed by atoms with Crippen molar-refractivity contribution in [1.82, 2.24) is 4.98 Å². The van der Waals surface area contributed by atoms with Crippen LogP contribution in [0.2, 0.25) is 0 Å². The summed E-state index contributed by atoms with van der Waals surface area (Å²) in [6, 6.07) is 2.49. The molecule has 13 heavy (non-hydrogen) atoms. The highest BCUT2D eigenvalue weighted by Crippen LogP contribution is 2.21. The third-order valence-electron chi connectivity index (χ3n) is 1.70. The lowest BCUT2D eigenvalue weighted by molar-refractivity contribution is 0.128. The Morgan fingerprint density at radius 1 is 1.46 bits per heavy atom. The maximum Gasteiger partial charge on any atom is 0.240 e. The maximum atomic E-state index is 12.0. The zero-order chi connectivity index (χ0) is 9.84. The number of nitrogens with two attached hydrogens (primary N) is 2. The van der Waals surface area contributed by atoms with Crippen LogP contribution < -0.4 is 11.5 Å². The molecule has 0 unspecified atom stereocenters. The summed E-state index contributed by atoms with van der Waals surface area (Å²) in [4.78, 5) is 3.76. The molecule has 0 fully saturated rings. The van der Waals surface area contributed by atoms with Crippen molar-refractivity contribution in [2.45, 2.75) is 18.9 Å². The number of rotatable bonds is 3. The van der Waals surface area contributed by atoms with Crippen molar-refractivity contribution < 1.29 is 8.78 Å². The maximum absolute atomic E-state index is 12.0. The Balaban J connectivity index is 2.76. The molecule has 0 radical (unpaired) electrons. The van der Waals surface area contributed by atoms with E-state index in [1.54, 1.807) is 12.1 Å². The topological polar surface area (TPSA) is 64.9 Å². The van der Waals surface area contributed by atoms with E-state index in [-0.39, 0.29) is 5.82 Å². The summed E-state index contributed by atoms with van der Waals surface area (Å²) in [5, 5.41) is 0. The van der Waals surface area contributed by atoms with Gasteiger partial charge in [-0.3, -0.25) is 0 Å². The van der Waals surface area contributed by atoms with Crippen molar-refractivity contribution in [2.24, 2.45) is 5.73 Å². The van der Waals surface area contributed by atoms with Crippen LogP contribution in [-0.4, -0.2) is 11.4 Å². The van der Waals surface area contributed by atoms with Crippen LogP contribution in [0.3, 0.4) is 0 Å². The zero-order valence-electron chi connectivity index (χ0n) is 6.95. The second-order valence-corrected chi connectivity index (χ2v) is 2.71. The second-order valence-electron chi connectivity index (χ2n) is 2.71. The van der Waals surface area contributed by atoms with Gasteiger partial charge in [-0.15, -0.1) is 0 Å². The second kappa shape index (κ2) is 4.13. The Kier molecular flexibility index (Phi) is 3.13. The third kappa shape index (κ3) is 2.62. The summed E-state index contributed by atoms with van der Waals surface area (Å²) in [7, 11) is 0. The van der Waals surface area contributed by atoms with Crippen molar-refractivity contribution >= 4 is 5.82 Å². The van der Waals surface area contributed by atoms with Crippen LogP contribution in [0.25, 0.3) is 0 Å². The van der Waals surface area contributed by atoms with Crippen LogP contribution in [0, 0.1) is 0 Å². The highest BCUT2D eigenvalue weighted by atomic mass is 19.3. The predicted octanol–water partition coefficient (Wildman–Crippen LogP) is 1.32. The van der Waals surface area contributed by atoms with E-state index in [2.05, 4.69) is 4.98 Å². The molecule has 1 heterocycles. The largest absolute Gasteiger partial charge is 0.383 e. The third-order valence-corrected chi connectivity index (χ3v) is 1.70. The van der Waals surface area contributed by atoms with E-state index in [9.17, 15) is 8.78 Å². The normalized spacial score (nSPS) is 13.2. The lowest BCUT2D eigenvalue weighted by Crippen LogP contribution is -2.16. The minimum absolute atomic E-state index is 0.218. The van der Waals surface area contributed by atoms with Crippen LogP contribution in [0.1, 0.15) is 18.0 Å². The van der Waals surface area contributed by atoms with E-state index in [1.807, 2.05) is 0 Å². The fourth-order valence-electron chi connectivity index (χ4n) is 1.06. The predicted molar refractivity (Wildman–Crippen MR) is 46.2 cm³/mol. The average Bonchev–Trinajstić information content (AvgIpc) is 2.03. The molecule has 0 aliphatic carbocycles. The van der Waals surface area contributed by atoms with E-state index in [0.29, 0.717) is 5.56 Å². The van der Waals surface area contributed by atoms with Crippen LogP contribution in [0.15, 0.2) is 18.3 Å². The summed E-state index contributed by atoms with van der Waals surface area (Å²) in [5.41, 5.74) is 11.4. The lowest BCUT2D eigenvalue weighted by Gasteiger charge is -2.12. The molecule has 5 heteroatoms. The molecule has 4 N–H and O–H groups in total. The molecule has 1 rings (SSSR count). The standard InChI is InChI=1S/C8H11F2N3/c9-7(10)4-6(11)5-2-1-3-13-8(5)12/h1-3,6-7H,4,11H2,(H2,12,13)/t6-/m0/s1. The fraction of sp³-hybridized carbons (Fsp3) is 0.375. The van der Waals surface area contributed by atoms with E-state index in [0.717, 1.165) is 0 Å². The van der Waals surface area contributed by atoms with Crippen molar-refractivity contribution in [1.29, 1.82) is 0 Å². The Labute approximate surface area is 74.8 Å². The smallest absolute Gasteiger partial charge is 0.240 e. The minimum atomic E-state index is -2.42. The molecule has 0 amide bonds. The number of hydrogen-bond acceptors (Lipinski definition) is 3. The molecule has 0 saturated carbocycles. The highest BCUT2D eigenvalue weighted by molar-refractivity contribution is 5.40. The van der Waals surface area contributed by atoms with Gasteiger partial charge in [-0.05, 0) is 6.07 Å². The first-order valence-electron chi connectivity index (χ1n) is 3.85. The number of anilines is 1. The van der Waals surface area contributed by atoms with Crippen LogP contribution in [-0.2, 0) is 0 Å². The molecule has 1 aromatic heterocycles. The van der Waals surface area contributed by atoms with Gasteiger partial charge in [-0.2, -0.15) is 0 Å². The lowest BCUT2D eigenvalue weighted by atomic mass is 10.1. The molecule has 0 aliphatic heterocycles. The molecule has 0 bridgehead atoms. The van der Waals surface area contributed by atoms with Gasteiger partial charge < -0.3 is 11.5 Å². The van der Waals surface area contributed by atoms with Crippen molar-refractivity contribution in [3.63, 3.8) is 0 Å². The molecular weight excluding hydrogens is 176 g/mol. The molecular formula is C8H11F2N3. The SMILES string of the molecule is Nc1ncccc1[C@@H](N)CC(F)F. The number of halogens is 2. The van der Waals surface area contributed by atoms with Gasteiger partial charge in [0.2, 0.25) is 6.43 Å². The number of alkyl halides is 2. The Morgan fingerprint density at radius 3 is 2.69 bits per heavy atom. The zero-order valence-corrected chi connectivity index (χ0v) is 6.95. The van der Waals surface area contributed by atoms with Gasteiger partial charge in [0, 0.05) is 24.2 Å². The van der Waals surface area contributed by atoms with Gasteiger partial charge in [-0.1, -0.05) is 6.07 Å². The number of nitrogens with zero attached hydrogens (tertiary/aromatic N) is 1. The van der Waals surface area contributed by atoms with E-state index in [4.69, 9.17) is 11.5 Å². The summed E-state index contributed by atoms with van der Waals surface area (Å²) >= 11 is 0. The van der Waals surface area contributed by atoms with Gasteiger partial charge in [0.05, 0.1) is 0 Å². The number of nitrogen functional groups attached to an aromatic ring is 1. The number of aromatic nitrogens is 1. The summed E-state index contributed by atoms with van der Waals surface area (Å²) in [5.74, 6) is 0.218. The summed E-state index contributed by atoms with van der Waals surface area (Å²) < 4.78 is 23.9. The Morgan fingerprint density at radius 2 is 2.15 bits per heavy atom. The van der Waals surface area contributed by atoms with Gasteiger partial charge in [0.15, 0.2) is 0 Å². The van der Waals surface area contributed by atoms with Crippen LogP contribution in [0.4, 0.5) is 14.6 Å². The van der Waals surface area contributed by atoms with E-state index in [1.165, 1.54) is 6.20 Å². The van der Waals surface area contributed by atoms with Gasteiger partial charge in [0.25, 0.3) is 0 Å². The number of hydrogen-bond donors (Lipinski definition) is 2. The number of pyridine rings is 1. The molecule has 0 saturated heterocycles. The molecule has 0 aromatic carbocycles. The fourth-order valence-corrected chi connectivity index (χ4v) is 1.06. The molecule has 3 nitrogen and oxygen atoms in total. The first-order valence-corrected chi connectivity index (χ1v) is 3.85. The molecule has 72 valence electrons. The van der Waals surface area contributed by atoms with Crippen LogP contribution >= 0.6 is 0 Å². The van der Waals surface area contributed by atoms with E-state index >= 15 is 0 Å². The van der Waals surface area contributed by atoms with E-state index < -0.39 is 18.9 Å². The minimum Gasteiger partial charge on any atom is -0.383 e.